The first-order valence-corrected chi connectivity index (χ1v) is 10.3. The SMILES string of the molecule is Cc1c(NC(=O)CN2C(=O)N[C@@](C)(CCC(C)C)C2=O)c(=O)n(-c2ccccc2)n1C. The van der Waals surface area contributed by atoms with Crippen molar-refractivity contribution >= 4 is 23.5 Å². The number of aromatic nitrogens is 2. The van der Waals surface area contributed by atoms with Gasteiger partial charge in [0.25, 0.3) is 11.5 Å². The molecule has 9 nitrogen and oxygen atoms in total. The molecule has 1 saturated heterocycles. The van der Waals surface area contributed by atoms with Crippen LogP contribution in [0.4, 0.5) is 10.5 Å². The van der Waals surface area contributed by atoms with Crippen LogP contribution in [0.3, 0.4) is 0 Å². The van der Waals surface area contributed by atoms with Gasteiger partial charge in [0.1, 0.15) is 17.8 Å². The molecule has 0 unspecified atom stereocenters. The first kappa shape index (κ1) is 22.3. The molecule has 2 aromatic rings. The highest BCUT2D eigenvalue weighted by molar-refractivity contribution is 6.09. The van der Waals surface area contributed by atoms with Gasteiger partial charge in [-0.3, -0.25) is 24.0 Å². The molecule has 2 heterocycles. The number of amides is 4. The van der Waals surface area contributed by atoms with Crippen molar-refractivity contribution in [3.05, 3.63) is 46.4 Å². The van der Waals surface area contributed by atoms with E-state index < -0.39 is 35.5 Å². The summed E-state index contributed by atoms with van der Waals surface area (Å²) in [6.45, 7) is 7.02. The molecule has 0 aliphatic carbocycles. The zero-order valence-corrected chi connectivity index (χ0v) is 18.6. The number of nitrogens with one attached hydrogen (secondary N) is 2. The summed E-state index contributed by atoms with van der Waals surface area (Å²) in [4.78, 5) is 51.7. The first-order chi connectivity index (χ1) is 14.5. The summed E-state index contributed by atoms with van der Waals surface area (Å²) in [7, 11) is 1.72. The number of urea groups is 1. The average Bonchev–Trinajstić information content (AvgIpc) is 3.06. The predicted molar refractivity (Wildman–Crippen MR) is 117 cm³/mol. The number of anilines is 1. The van der Waals surface area contributed by atoms with Gasteiger partial charge in [0, 0.05) is 7.05 Å². The van der Waals surface area contributed by atoms with E-state index in [2.05, 4.69) is 10.6 Å². The number of para-hydroxylation sites is 1. The number of nitrogens with zero attached hydrogens (tertiary/aromatic N) is 3. The fourth-order valence-corrected chi connectivity index (χ4v) is 3.67. The number of benzene rings is 1. The highest BCUT2D eigenvalue weighted by atomic mass is 16.2. The van der Waals surface area contributed by atoms with Crippen molar-refractivity contribution in [2.75, 3.05) is 11.9 Å². The minimum Gasteiger partial charge on any atom is -0.323 e. The molecule has 166 valence electrons. The first-order valence-electron chi connectivity index (χ1n) is 10.3. The van der Waals surface area contributed by atoms with Gasteiger partial charge in [-0.15, -0.1) is 0 Å². The fraction of sp³-hybridized carbons (Fsp3) is 0.455. The Morgan fingerprint density at radius 1 is 1.16 bits per heavy atom. The minimum absolute atomic E-state index is 0.117. The van der Waals surface area contributed by atoms with Crippen molar-refractivity contribution in [3.63, 3.8) is 0 Å². The van der Waals surface area contributed by atoms with Gasteiger partial charge in [0.2, 0.25) is 5.91 Å². The topological polar surface area (TPSA) is 105 Å². The average molecular weight is 428 g/mol. The van der Waals surface area contributed by atoms with Gasteiger partial charge in [0.15, 0.2) is 0 Å². The Morgan fingerprint density at radius 3 is 2.42 bits per heavy atom. The maximum atomic E-state index is 12.9. The molecule has 4 amide bonds. The Kier molecular flexibility index (Phi) is 6.06. The van der Waals surface area contributed by atoms with Gasteiger partial charge in [0.05, 0.1) is 11.4 Å². The third-order valence-electron chi connectivity index (χ3n) is 5.69. The van der Waals surface area contributed by atoms with Gasteiger partial charge in [-0.25, -0.2) is 9.48 Å². The van der Waals surface area contributed by atoms with Gasteiger partial charge in [-0.1, -0.05) is 32.0 Å². The summed E-state index contributed by atoms with van der Waals surface area (Å²) >= 11 is 0. The lowest BCUT2D eigenvalue weighted by Gasteiger charge is -2.22. The third-order valence-corrected chi connectivity index (χ3v) is 5.69. The fourth-order valence-electron chi connectivity index (χ4n) is 3.67. The number of rotatable bonds is 7. The summed E-state index contributed by atoms with van der Waals surface area (Å²) in [6.07, 6.45) is 1.26. The van der Waals surface area contributed by atoms with E-state index in [0.29, 0.717) is 23.7 Å². The van der Waals surface area contributed by atoms with Gasteiger partial charge >= 0.3 is 6.03 Å². The van der Waals surface area contributed by atoms with Crippen LogP contribution in [0.15, 0.2) is 35.1 Å². The Labute approximate surface area is 181 Å². The van der Waals surface area contributed by atoms with E-state index in [9.17, 15) is 19.2 Å². The molecule has 3 rings (SSSR count). The molecule has 0 spiro atoms. The van der Waals surface area contributed by atoms with Crippen molar-refractivity contribution in [3.8, 4) is 5.69 Å². The molecule has 2 N–H and O–H groups in total. The molecule has 31 heavy (non-hydrogen) atoms. The number of carbonyl (C=O) groups excluding carboxylic acids is 3. The second-order valence-electron chi connectivity index (χ2n) is 8.57. The summed E-state index contributed by atoms with van der Waals surface area (Å²) in [5, 5.41) is 5.29. The van der Waals surface area contributed by atoms with Crippen LogP contribution >= 0.6 is 0 Å². The molecule has 1 aliphatic heterocycles. The van der Waals surface area contributed by atoms with Crippen molar-refractivity contribution in [2.24, 2.45) is 13.0 Å². The van der Waals surface area contributed by atoms with Crippen molar-refractivity contribution in [1.29, 1.82) is 0 Å². The molecule has 1 aliphatic rings. The number of imide groups is 1. The Morgan fingerprint density at radius 2 is 1.81 bits per heavy atom. The second-order valence-corrected chi connectivity index (χ2v) is 8.57. The lowest BCUT2D eigenvalue weighted by molar-refractivity contribution is -0.133. The number of carbonyl (C=O) groups is 3. The van der Waals surface area contributed by atoms with Crippen LogP contribution in [-0.4, -0.2) is 44.2 Å². The molecule has 1 fully saturated rings. The van der Waals surface area contributed by atoms with E-state index in [1.165, 1.54) is 4.68 Å². The van der Waals surface area contributed by atoms with E-state index >= 15 is 0 Å². The zero-order chi connectivity index (χ0) is 22.9. The molecular weight excluding hydrogens is 398 g/mol. The Balaban J connectivity index is 1.77. The van der Waals surface area contributed by atoms with E-state index in [-0.39, 0.29) is 5.69 Å². The van der Waals surface area contributed by atoms with Crippen molar-refractivity contribution in [1.82, 2.24) is 19.6 Å². The maximum absolute atomic E-state index is 12.9. The molecule has 0 bridgehead atoms. The maximum Gasteiger partial charge on any atom is 0.325 e. The van der Waals surface area contributed by atoms with Gasteiger partial charge in [-0.2, -0.15) is 0 Å². The van der Waals surface area contributed by atoms with E-state index in [4.69, 9.17) is 0 Å². The smallest absolute Gasteiger partial charge is 0.323 e. The quantitative estimate of drug-likeness (QED) is 0.661. The predicted octanol–water partition coefficient (Wildman–Crippen LogP) is 2.17. The Hall–Kier alpha value is -3.36. The Bertz CT molecular complexity index is 1070. The molecule has 0 radical (unpaired) electrons. The number of hydrogen-bond donors (Lipinski definition) is 2. The zero-order valence-electron chi connectivity index (χ0n) is 18.6. The normalized spacial score (nSPS) is 18.6. The molecular formula is C22H29N5O4. The van der Waals surface area contributed by atoms with E-state index in [1.807, 2.05) is 32.0 Å². The van der Waals surface area contributed by atoms with Crippen LogP contribution in [0.2, 0.25) is 0 Å². The highest BCUT2D eigenvalue weighted by Crippen LogP contribution is 2.24. The van der Waals surface area contributed by atoms with Crippen LogP contribution in [-0.2, 0) is 16.6 Å². The summed E-state index contributed by atoms with van der Waals surface area (Å²) < 4.78 is 3.09. The summed E-state index contributed by atoms with van der Waals surface area (Å²) in [6, 6.07) is 8.46. The van der Waals surface area contributed by atoms with E-state index in [1.54, 1.807) is 37.7 Å². The molecule has 1 aromatic carbocycles. The van der Waals surface area contributed by atoms with Crippen LogP contribution < -0.4 is 16.2 Å². The van der Waals surface area contributed by atoms with Crippen molar-refractivity contribution in [2.45, 2.75) is 46.1 Å². The van der Waals surface area contributed by atoms with Crippen LogP contribution in [0, 0.1) is 12.8 Å². The second kappa shape index (κ2) is 8.41. The largest absolute Gasteiger partial charge is 0.325 e. The molecule has 9 heteroatoms. The summed E-state index contributed by atoms with van der Waals surface area (Å²) in [5.41, 5.74) is -0.0797. The van der Waals surface area contributed by atoms with E-state index in [0.717, 1.165) is 11.3 Å². The summed E-state index contributed by atoms with van der Waals surface area (Å²) in [5.74, 6) is -0.658. The lowest BCUT2D eigenvalue weighted by atomic mass is 9.92. The molecule has 1 atom stereocenters. The lowest BCUT2D eigenvalue weighted by Crippen LogP contribution is -2.44. The molecule has 0 saturated carbocycles. The standard InChI is InChI=1S/C22H29N5O4/c1-14(2)11-12-22(4)20(30)26(21(31)24-22)13-17(28)23-18-15(3)25(5)27(19(18)29)16-9-7-6-8-10-16/h6-10,14H,11-13H2,1-5H3,(H,23,28)(H,24,31)/t22-/m0/s1. The third kappa shape index (κ3) is 4.26. The van der Waals surface area contributed by atoms with Gasteiger partial charge < -0.3 is 10.6 Å². The number of hydrogen-bond acceptors (Lipinski definition) is 4. The monoisotopic (exact) mass is 427 g/mol. The van der Waals surface area contributed by atoms with Crippen molar-refractivity contribution < 1.29 is 14.4 Å². The van der Waals surface area contributed by atoms with Crippen LogP contribution in [0.1, 0.15) is 39.3 Å². The highest BCUT2D eigenvalue weighted by Gasteiger charge is 2.47. The van der Waals surface area contributed by atoms with Crippen LogP contribution in [0.25, 0.3) is 5.69 Å². The minimum atomic E-state index is -1.02. The molecule has 1 aromatic heterocycles. The van der Waals surface area contributed by atoms with Crippen LogP contribution in [0.5, 0.6) is 0 Å². The van der Waals surface area contributed by atoms with Gasteiger partial charge in [-0.05, 0) is 44.7 Å².